The molecule has 0 aliphatic heterocycles. The number of hydrogen-bond donors (Lipinski definition) is 0. The number of nitrogens with one attached hydrogen (secondary N) is 1. The lowest BCUT2D eigenvalue weighted by Gasteiger charge is -1.93. The fraction of sp³-hybridized carbons (Fsp3) is 0.0625. The first-order chi connectivity index (χ1) is 8.84. The van der Waals surface area contributed by atoms with E-state index in [0.29, 0.717) is 0 Å². The summed E-state index contributed by atoms with van der Waals surface area (Å²) in [5, 5.41) is 0. The second-order valence-corrected chi connectivity index (χ2v) is 4.24. The molecule has 3 rings (SSSR count). The minimum Gasteiger partial charge on any atom is -0.397 e. The molecule has 0 aliphatic rings. The van der Waals surface area contributed by atoms with Crippen LogP contribution in [0, 0.1) is 6.92 Å². The minimum atomic E-state index is 0.798. The van der Waals surface area contributed by atoms with E-state index in [1.807, 2.05) is 55.5 Å². The van der Waals surface area contributed by atoms with E-state index in [2.05, 4.69) is 17.1 Å². The maximum atomic E-state index is 5.93. The molecule has 0 unspecified atom stereocenters. The lowest BCUT2D eigenvalue weighted by atomic mass is 10.1. The molecule has 0 bridgehead atoms. The average molecular weight is 236 g/mol. The van der Waals surface area contributed by atoms with Gasteiger partial charge in [-0.15, -0.1) is 0 Å². The van der Waals surface area contributed by atoms with E-state index in [9.17, 15) is 0 Å². The fourth-order valence-electron chi connectivity index (χ4n) is 2.02. The van der Waals surface area contributed by atoms with Crippen molar-refractivity contribution in [2.45, 2.75) is 6.92 Å². The number of rotatable bonds is 2. The van der Waals surface area contributed by atoms with Gasteiger partial charge in [0.15, 0.2) is 0 Å². The molecule has 0 fully saturated rings. The van der Waals surface area contributed by atoms with E-state index >= 15 is 0 Å². The number of aromatic amines is 1. The van der Waals surface area contributed by atoms with Crippen molar-refractivity contribution in [1.82, 2.24) is 0 Å². The summed E-state index contributed by atoms with van der Waals surface area (Å²) in [6.45, 7) is 2.03. The first-order valence-corrected chi connectivity index (χ1v) is 5.98. The molecule has 1 aromatic heterocycles. The van der Waals surface area contributed by atoms with Crippen molar-refractivity contribution >= 4 is 0 Å². The molecule has 1 N–H and O–H groups in total. The van der Waals surface area contributed by atoms with Crippen LogP contribution in [-0.4, -0.2) is 0 Å². The van der Waals surface area contributed by atoms with Crippen LogP contribution in [0.25, 0.3) is 22.8 Å². The smallest absolute Gasteiger partial charge is 0.379 e. The monoisotopic (exact) mass is 236 g/mol. The molecule has 1 heterocycles. The Balaban J connectivity index is 2.07. The Kier molecular flexibility index (Phi) is 2.69. The van der Waals surface area contributed by atoms with Crippen molar-refractivity contribution < 1.29 is 9.40 Å². The van der Waals surface area contributed by atoms with Gasteiger partial charge in [0.25, 0.3) is 0 Å². The third-order valence-corrected chi connectivity index (χ3v) is 2.92. The Labute approximate surface area is 106 Å². The van der Waals surface area contributed by atoms with Crippen molar-refractivity contribution in [3.8, 4) is 22.8 Å². The van der Waals surface area contributed by atoms with Crippen LogP contribution < -0.4 is 4.98 Å². The molecule has 0 radical (unpaired) electrons. The highest BCUT2D eigenvalue weighted by atomic mass is 16.4. The molecule has 0 atom stereocenters. The van der Waals surface area contributed by atoms with Crippen LogP contribution in [-0.2, 0) is 0 Å². The van der Waals surface area contributed by atoms with Crippen LogP contribution >= 0.6 is 0 Å². The molecular formula is C16H14NO+. The first-order valence-electron chi connectivity index (χ1n) is 5.98. The molecule has 0 saturated heterocycles. The highest BCUT2D eigenvalue weighted by Crippen LogP contribution is 2.26. The summed E-state index contributed by atoms with van der Waals surface area (Å²) in [7, 11) is 0. The molecule has 18 heavy (non-hydrogen) atoms. The summed E-state index contributed by atoms with van der Waals surface area (Å²) in [6, 6.07) is 20.2. The SMILES string of the molecule is Cc1[nH+]c(-c2ccccc2)oc1-c1ccccc1. The summed E-state index contributed by atoms with van der Waals surface area (Å²) in [4.78, 5) is 3.29. The predicted octanol–water partition coefficient (Wildman–Crippen LogP) is 3.74. The summed E-state index contributed by atoms with van der Waals surface area (Å²) in [5.74, 6) is 1.70. The molecule has 3 aromatic rings. The Morgan fingerprint density at radius 2 is 1.33 bits per heavy atom. The zero-order chi connectivity index (χ0) is 12.4. The Morgan fingerprint density at radius 1 is 0.778 bits per heavy atom. The molecule has 0 aliphatic carbocycles. The van der Waals surface area contributed by atoms with Gasteiger partial charge >= 0.3 is 5.89 Å². The van der Waals surface area contributed by atoms with E-state index < -0.39 is 0 Å². The summed E-state index contributed by atoms with van der Waals surface area (Å²) in [5.41, 5.74) is 3.19. The molecule has 0 saturated carbocycles. The van der Waals surface area contributed by atoms with Crippen LogP contribution in [0.2, 0.25) is 0 Å². The van der Waals surface area contributed by atoms with E-state index in [1.165, 1.54) is 0 Å². The van der Waals surface area contributed by atoms with Crippen molar-refractivity contribution in [3.05, 3.63) is 66.4 Å². The van der Waals surface area contributed by atoms with Gasteiger partial charge in [0.2, 0.25) is 11.5 Å². The molecule has 2 heteroatoms. The van der Waals surface area contributed by atoms with Crippen molar-refractivity contribution in [2.24, 2.45) is 0 Å². The predicted molar refractivity (Wildman–Crippen MR) is 70.9 cm³/mol. The van der Waals surface area contributed by atoms with Crippen LogP contribution in [0.1, 0.15) is 5.69 Å². The zero-order valence-electron chi connectivity index (χ0n) is 10.2. The molecule has 88 valence electrons. The number of benzene rings is 2. The van der Waals surface area contributed by atoms with Crippen LogP contribution in [0.5, 0.6) is 0 Å². The maximum absolute atomic E-state index is 5.93. The van der Waals surface area contributed by atoms with Gasteiger partial charge in [-0.1, -0.05) is 48.5 Å². The second-order valence-electron chi connectivity index (χ2n) is 4.24. The lowest BCUT2D eigenvalue weighted by Crippen LogP contribution is -2.04. The average Bonchev–Trinajstić information content (AvgIpc) is 2.83. The normalized spacial score (nSPS) is 10.5. The van der Waals surface area contributed by atoms with Crippen LogP contribution in [0.15, 0.2) is 65.1 Å². The lowest BCUT2D eigenvalue weighted by molar-refractivity contribution is -0.377. The number of aryl methyl sites for hydroxylation is 1. The largest absolute Gasteiger partial charge is 0.397 e. The van der Waals surface area contributed by atoms with Gasteiger partial charge in [0.05, 0.1) is 5.56 Å². The van der Waals surface area contributed by atoms with E-state index in [-0.39, 0.29) is 0 Å². The van der Waals surface area contributed by atoms with Gasteiger partial charge < -0.3 is 4.42 Å². The quantitative estimate of drug-likeness (QED) is 0.666. The molecule has 2 nitrogen and oxygen atoms in total. The summed E-state index contributed by atoms with van der Waals surface area (Å²) < 4.78 is 5.93. The van der Waals surface area contributed by atoms with Gasteiger partial charge in [-0.2, -0.15) is 4.98 Å². The Morgan fingerprint density at radius 3 is 1.94 bits per heavy atom. The van der Waals surface area contributed by atoms with Crippen LogP contribution in [0.3, 0.4) is 0 Å². The minimum absolute atomic E-state index is 0.798. The third kappa shape index (κ3) is 1.93. The van der Waals surface area contributed by atoms with Crippen molar-refractivity contribution in [1.29, 1.82) is 0 Å². The summed E-state index contributed by atoms with van der Waals surface area (Å²) >= 11 is 0. The van der Waals surface area contributed by atoms with E-state index in [1.54, 1.807) is 0 Å². The Bertz CT molecular complexity index is 641. The van der Waals surface area contributed by atoms with Crippen LogP contribution in [0.4, 0.5) is 0 Å². The molecule has 0 spiro atoms. The van der Waals surface area contributed by atoms with Gasteiger partial charge in [-0.3, -0.25) is 0 Å². The highest BCUT2D eigenvalue weighted by Gasteiger charge is 2.19. The van der Waals surface area contributed by atoms with E-state index in [0.717, 1.165) is 28.5 Å². The Hall–Kier alpha value is -2.35. The third-order valence-electron chi connectivity index (χ3n) is 2.92. The molecule has 2 aromatic carbocycles. The molecular weight excluding hydrogens is 222 g/mol. The van der Waals surface area contributed by atoms with Gasteiger partial charge in [0.1, 0.15) is 0 Å². The number of aromatic nitrogens is 1. The van der Waals surface area contributed by atoms with E-state index in [4.69, 9.17) is 4.42 Å². The highest BCUT2D eigenvalue weighted by molar-refractivity contribution is 5.61. The first kappa shape index (κ1) is 10.8. The van der Waals surface area contributed by atoms with Crippen molar-refractivity contribution in [3.63, 3.8) is 0 Å². The standard InChI is InChI=1S/C16H13NO/c1-12-15(13-8-4-2-5-9-13)18-16(17-12)14-10-6-3-7-11-14/h2-11H,1H3/p+1. The van der Waals surface area contributed by atoms with Gasteiger partial charge in [-0.05, 0) is 12.1 Å². The van der Waals surface area contributed by atoms with Gasteiger partial charge in [-0.25, -0.2) is 0 Å². The topological polar surface area (TPSA) is 27.3 Å². The number of oxazole rings is 1. The zero-order valence-corrected chi connectivity index (χ0v) is 10.2. The summed E-state index contributed by atoms with van der Waals surface area (Å²) in [6.07, 6.45) is 0. The van der Waals surface area contributed by atoms with Gasteiger partial charge in [0, 0.05) is 12.5 Å². The maximum Gasteiger partial charge on any atom is 0.379 e. The molecule has 0 amide bonds. The number of hydrogen-bond acceptors (Lipinski definition) is 1. The second kappa shape index (κ2) is 4.49. The number of H-pyrrole nitrogens is 1. The van der Waals surface area contributed by atoms with Crippen molar-refractivity contribution in [2.75, 3.05) is 0 Å². The fourth-order valence-corrected chi connectivity index (χ4v) is 2.02.